The van der Waals surface area contributed by atoms with Crippen molar-refractivity contribution in [3.05, 3.63) is 27.7 Å². The van der Waals surface area contributed by atoms with Gasteiger partial charge in [-0.25, -0.2) is 8.42 Å². The maximum absolute atomic E-state index is 13.0. The number of rotatable bonds is 3. The second-order valence-electron chi connectivity index (χ2n) is 5.83. The molecule has 0 spiro atoms. The van der Waals surface area contributed by atoms with E-state index in [4.69, 9.17) is 0 Å². The normalized spacial score (nSPS) is 22.0. The van der Waals surface area contributed by atoms with E-state index in [-0.39, 0.29) is 12.3 Å². The topological polar surface area (TPSA) is 37.4 Å². The zero-order chi connectivity index (χ0) is 16.9. The third kappa shape index (κ3) is 2.99. The SMILES string of the molecule is CCS(=O)(=O)N1CC(C)(CC(F)(F)F)c2c1ccc(Br)c2C. The smallest absolute Gasteiger partial charge is 0.269 e. The van der Waals surface area contributed by atoms with Crippen molar-refractivity contribution < 1.29 is 21.6 Å². The van der Waals surface area contributed by atoms with Gasteiger partial charge in [0.15, 0.2) is 0 Å². The number of sulfonamides is 1. The van der Waals surface area contributed by atoms with Crippen LogP contribution in [-0.4, -0.2) is 26.9 Å². The predicted octanol–water partition coefficient (Wildman–Crippen LogP) is 4.14. The number of alkyl halides is 3. The van der Waals surface area contributed by atoms with Gasteiger partial charge >= 0.3 is 6.18 Å². The first-order valence-electron chi connectivity index (χ1n) is 6.78. The molecular formula is C14H17BrF3NO2S. The van der Waals surface area contributed by atoms with Crippen LogP contribution >= 0.6 is 15.9 Å². The Morgan fingerprint density at radius 1 is 1.36 bits per heavy atom. The van der Waals surface area contributed by atoms with Crippen LogP contribution in [0.2, 0.25) is 0 Å². The predicted molar refractivity (Wildman–Crippen MR) is 83.7 cm³/mol. The Morgan fingerprint density at radius 2 is 1.95 bits per heavy atom. The van der Waals surface area contributed by atoms with Crippen molar-refractivity contribution in [1.82, 2.24) is 0 Å². The molecule has 0 N–H and O–H groups in total. The van der Waals surface area contributed by atoms with Crippen LogP contribution in [0.25, 0.3) is 0 Å². The highest BCUT2D eigenvalue weighted by Crippen LogP contribution is 2.50. The van der Waals surface area contributed by atoms with Crippen molar-refractivity contribution in [2.24, 2.45) is 0 Å². The lowest BCUT2D eigenvalue weighted by Crippen LogP contribution is -2.38. The van der Waals surface area contributed by atoms with Crippen LogP contribution < -0.4 is 4.31 Å². The second-order valence-corrected chi connectivity index (χ2v) is 8.86. The Kier molecular flexibility index (Phi) is 4.32. The van der Waals surface area contributed by atoms with Gasteiger partial charge in [0.05, 0.1) is 17.9 Å². The van der Waals surface area contributed by atoms with Crippen LogP contribution in [-0.2, 0) is 15.4 Å². The third-order valence-electron chi connectivity index (χ3n) is 4.03. The van der Waals surface area contributed by atoms with Crippen LogP contribution in [0.1, 0.15) is 31.4 Å². The van der Waals surface area contributed by atoms with Gasteiger partial charge in [0.25, 0.3) is 0 Å². The molecule has 0 radical (unpaired) electrons. The van der Waals surface area contributed by atoms with Gasteiger partial charge in [-0.15, -0.1) is 0 Å². The summed E-state index contributed by atoms with van der Waals surface area (Å²) in [4.78, 5) is 0. The summed E-state index contributed by atoms with van der Waals surface area (Å²) in [6, 6.07) is 3.24. The second kappa shape index (κ2) is 5.40. The summed E-state index contributed by atoms with van der Waals surface area (Å²) in [7, 11) is -3.62. The first-order valence-corrected chi connectivity index (χ1v) is 9.18. The van der Waals surface area contributed by atoms with Crippen LogP contribution in [0.15, 0.2) is 16.6 Å². The largest absolute Gasteiger partial charge is 0.390 e. The summed E-state index contributed by atoms with van der Waals surface area (Å²) in [6.45, 7) is 4.49. The molecule has 22 heavy (non-hydrogen) atoms. The monoisotopic (exact) mass is 399 g/mol. The van der Waals surface area contributed by atoms with E-state index in [0.717, 1.165) is 4.31 Å². The lowest BCUT2D eigenvalue weighted by Gasteiger charge is -2.28. The van der Waals surface area contributed by atoms with E-state index in [1.165, 1.54) is 13.8 Å². The zero-order valence-corrected chi connectivity index (χ0v) is 14.9. The summed E-state index contributed by atoms with van der Waals surface area (Å²) in [5.41, 5.74) is 0.174. The molecule has 0 aliphatic carbocycles. The zero-order valence-electron chi connectivity index (χ0n) is 12.5. The van der Waals surface area contributed by atoms with Crippen molar-refractivity contribution in [1.29, 1.82) is 0 Å². The Morgan fingerprint density at radius 3 is 2.45 bits per heavy atom. The van der Waals surface area contributed by atoms with Gasteiger partial charge in [0.2, 0.25) is 10.0 Å². The molecule has 124 valence electrons. The van der Waals surface area contributed by atoms with E-state index in [1.54, 1.807) is 19.1 Å². The van der Waals surface area contributed by atoms with Gasteiger partial charge in [-0.05, 0) is 37.1 Å². The minimum atomic E-state index is -4.37. The number of halogens is 4. The molecule has 1 aromatic rings. The Bertz CT molecular complexity index is 703. The molecule has 0 fully saturated rings. The highest BCUT2D eigenvalue weighted by molar-refractivity contribution is 9.10. The molecule has 1 aromatic carbocycles. The summed E-state index contributed by atoms with van der Waals surface area (Å²) in [6.07, 6.45) is -5.42. The number of hydrogen-bond acceptors (Lipinski definition) is 2. The van der Waals surface area contributed by atoms with E-state index in [2.05, 4.69) is 15.9 Å². The molecule has 0 amide bonds. The van der Waals surface area contributed by atoms with Crippen molar-refractivity contribution >= 4 is 31.6 Å². The standard InChI is InChI=1S/C14H17BrF3NO2S/c1-4-22(20,21)19-8-13(3,7-14(16,17)18)12-9(2)10(15)5-6-11(12)19/h5-6H,4,7-8H2,1-3H3. The average Bonchev–Trinajstić information content (AvgIpc) is 2.66. The van der Waals surface area contributed by atoms with E-state index in [1.807, 2.05) is 0 Å². The summed E-state index contributed by atoms with van der Waals surface area (Å²) >= 11 is 3.32. The van der Waals surface area contributed by atoms with Crippen LogP contribution in [0.3, 0.4) is 0 Å². The molecule has 0 aromatic heterocycles. The molecule has 0 saturated carbocycles. The molecular weight excluding hydrogens is 383 g/mol. The summed E-state index contributed by atoms with van der Waals surface area (Å²) in [5, 5.41) is 0. The third-order valence-corrected chi connectivity index (χ3v) is 6.62. The molecule has 1 unspecified atom stereocenters. The van der Waals surface area contributed by atoms with Gasteiger partial charge in [-0.1, -0.05) is 22.9 Å². The Balaban J connectivity index is 2.67. The van der Waals surface area contributed by atoms with Crippen molar-refractivity contribution in [2.75, 3.05) is 16.6 Å². The van der Waals surface area contributed by atoms with Gasteiger partial charge < -0.3 is 0 Å². The number of anilines is 1. The quantitative estimate of drug-likeness (QED) is 0.765. The van der Waals surface area contributed by atoms with Crippen molar-refractivity contribution in [3.63, 3.8) is 0 Å². The molecule has 3 nitrogen and oxygen atoms in total. The van der Waals surface area contributed by atoms with E-state index in [0.29, 0.717) is 21.3 Å². The van der Waals surface area contributed by atoms with Gasteiger partial charge in [-0.3, -0.25) is 4.31 Å². The number of hydrogen-bond donors (Lipinski definition) is 0. The fourth-order valence-electron chi connectivity index (χ4n) is 3.11. The van der Waals surface area contributed by atoms with Crippen molar-refractivity contribution in [2.45, 2.75) is 38.8 Å². The van der Waals surface area contributed by atoms with Crippen molar-refractivity contribution in [3.8, 4) is 0 Å². The molecule has 0 bridgehead atoms. The first-order chi connectivity index (χ1) is 9.91. The summed E-state index contributed by atoms with van der Waals surface area (Å²) < 4.78 is 65.3. The molecule has 1 heterocycles. The highest BCUT2D eigenvalue weighted by atomic mass is 79.9. The highest BCUT2D eigenvalue weighted by Gasteiger charge is 2.49. The minimum absolute atomic E-state index is 0.149. The Hall–Kier alpha value is -0.760. The lowest BCUT2D eigenvalue weighted by molar-refractivity contribution is -0.145. The van der Waals surface area contributed by atoms with Crippen LogP contribution in [0, 0.1) is 6.92 Å². The van der Waals surface area contributed by atoms with Crippen LogP contribution in [0.4, 0.5) is 18.9 Å². The molecule has 1 atom stereocenters. The summed E-state index contributed by atoms with van der Waals surface area (Å²) in [5.74, 6) is -0.149. The van der Waals surface area contributed by atoms with Gasteiger partial charge in [0.1, 0.15) is 0 Å². The lowest BCUT2D eigenvalue weighted by atomic mass is 9.79. The molecule has 1 aliphatic rings. The van der Waals surface area contributed by atoms with E-state index in [9.17, 15) is 21.6 Å². The fraction of sp³-hybridized carbons (Fsp3) is 0.571. The number of benzene rings is 1. The maximum Gasteiger partial charge on any atom is 0.390 e. The molecule has 8 heteroatoms. The first kappa shape index (κ1) is 17.6. The minimum Gasteiger partial charge on any atom is -0.269 e. The van der Waals surface area contributed by atoms with E-state index >= 15 is 0 Å². The molecule has 0 saturated heterocycles. The number of nitrogens with zero attached hydrogens (tertiary/aromatic N) is 1. The van der Waals surface area contributed by atoms with Gasteiger partial charge in [0, 0.05) is 16.4 Å². The molecule has 1 aliphatic heterocycles. The number of fused-ring (bicyclic) bond motifs is 1. The Labute approximate surface area is 136 Å². The van der Waals surface area contributed by atoms with Crippen LogP contribution in [0.5, 0.6) is 0 Å². The molecule has 2 rings (SSSR count). The van der Waals surface area contributed by atoms with Gasteiger partial charge in [-0.2, -0.15) is 13.2 Å². The van der Waals surface area contributed by atoms with E-state index < -0.39 is 28.0 Å². The average molecular weight is 400 g/mol. The fourth-order valence-corrected chi connectivity index (χ4v) is 4.69. The maximum atomic E-state index is 13.0.